The van der Waals surface area contributed by atoms with Gasteiger partial charge in [-0.25, -0.2) is 9.78 Å². The molecule has 0 fully saturated rings. The number of aromatic nitrogens is 1. The van der Waals surface area contributed by atoms with E-state index in [0.717, 1.165) is 5.56 Å². The van der Waals surface area contributed by atoms with Crippen molar-refractivity contribution in [2.75, 3.05) is 18.9 Å². The predicted octanol–water partition coefficient (Wildman–Crippen LogP) is 4.00. The summed E-state index contributed by atoms with van der Waals surface area (Å²) in [7, 11) is 0. The quantitative estimate of drug-likeness (QED) is 0.423. The van der Waals surface area contributed by atoms with E-state index in [2.05, 4.69) is 11.1 Å². The van der Waals surface area contributed by atoms with E-state index in [-0.39, 0.29) is 41.0 Å². The second-order valence-electron chi connectivity index (χ2n) is 6.94. The van der Waals surface area contributed by atoms with E-state index in [9.17, 15) is 20.4 Å². The number of carbonyl (C=O) groups is 1. The number of ether oxygens (including phenoxy) is 1. The van der Waals surface area contributed by atoms with E-state index < -0.39 is 5.97 Å². The summed E-state index contributed by atoms with van der Waals surface area (Å²) in [6.45, 7) is 1.90. The van der Waals surface area contributed by atoms with Crippen LogP contribution in [0.1, 0.15) is 39.2 Å². The Hall–Kier alpha value is -4.05. The number of pyridine rings is 1. The molecule has 0 amide bonds. The van der Waals surface area contributed by atoms with Crippen LogP contribution in [0, 0.1) is 22.7 Å². The first kappa shape index (κ1) is 23.6. The lowest BCUT2D eigenvalue weighted by molar-refractivity contribution is 0.0696. The molecule has 0 aliphatic carbocycles. The number of aliphatic hydroxyl groups is 1. The number of aliphatic hydroxyl groups excluding tert-OH is 1. The van der Waals surface area contributed by atoms with Gasteiger partial charge in [-0.15, -0.1) is 0 Å². The second-order valence-corrected chi connectivity index (χ2v) is 8.27. The number of nitrogens with two attached hydrogens (primary N) is 1. The molecule has 0 saturated heterocycles. The van der Waals surface area contributed by atoms with Gasteiger partial charge in [0.1, 0.15) is 40.9 Å². The molecule has 166 valence electrons. The number of carboxylic acids is 1. The Kier molecular flexibility index (Phi) is 7.52. The SMILES string of the molecule is CC(Sc1nc(N)c(C#N)c(-c2ccc(OCCO)cc2)c1C#N)c1cccc(C(=O)O)c1. The molecule has 8 nitrogen and oxygen atoms in total. The number of rotatable bonds is 8. The van der Waals surface area contributed by atoms with Crippen LogP contribution in [-0.2, 0) is 0 Å². The molecule has 3 rings (SSSR count). The van der Waals surface area contributed by atoms with Gasteiger partial charge in [0.25, 0.3) is 0 Å². The van der Waals surface area contributed by atoms with Crippen LogP contribution in [0.4, 0.5) is 5.82 Å². The Bertz CT molecular complexity index is 1260. The molecule has 1 atom stereocenters. The number of nitriles is 2. The van der Waals surface area contributed by atoms with Crippen molar-refractivity contribution in [3.63, 3.8) is 0 Å². The Morgan fingerprint density at radius 3 is 2.48 bits per heavy atom. The van der Waals surface area contributed by atoms with Gasteiger partial charge < -0.3 is 20.7 Å². The zero-order valence-corrected chi connectivity index (χ0v) is 18.5. The lowest BCUT2D eigenvalue weighted by Gasteiger charge is -2.16. The van der Waals surface area contributed by atoms with Crippen LogP contribution in [-0.4, -0.2) is 34.4 Å². The molecule has 3 aromatic rings. The van der Waals surface area contributed by atoms with Crippen molar-refractivity contribution in [2.45, 2.75) is 17.2 Å². The molecule has 33 heavy (non-hydrogen) atoms. The maximum atomic E-state index is 11.3. The molecule has 0 spiro atoms. The number of nitrogen functional groups attached to an aromatic ring is 1. The number of anilines is 1. The van der Waals surface area contributed by atoms with E-state index in [0.29, 0.717) is 21.9 Å². The minimum absolute atomic E-state index is 0.00101. The smallest absolute Gasteiger partial charge is 0.335 e. The van der Waals surface area contributed by atoms with E-state index >= 15 is 0 Å². The topological polar surface area (TPSA) is 153 Å². The van der Waals surface area contributed by atoms with Crippen LogP contribution in [0.3, 0.4) is 0 Å². The van der Waals surface area contributed by atoms with Crippen molar-refractivity contribution in [3.8, 4) is 29.0 Å². The van der Waals surface area contributed by atoms with E-state index in [1.54, 1.807) is 42.5 Å². The van der Waals surface area contributed by atoms with E-state index in [4.69, 9.17) is 15.6 Å². The predicted molar refractivity (Wildman–Crippen MR) is 124 cm³/mol. The number of nitrogens with zero attached hydrogens (tertiary/aromatic N) is 3. The van der Waals surface area contributed by atoms with E-state index in [1.807, 2.05) is 13.0 Å². The number of hydrogen-bond acceptors (Lipinski definition) is 8. The molecule has 0 saturated carbocycles. The van der Waals surface area contributed by atoms with Crippen molar-refractivity contribution >= 4 is 23.5 Å². The first-order valence-corrected chi connectivity index (χ1v) is 10.7. The summed E-state index contributed by atoms with van der Waals surface area (Å²) in [5.41, 5.74) is 8.26. The number of carboxylic acid groups (broad SMARTS) is 1. The zero-order valence-electron chi connectivity index (χ0n) is 17.6. The molecule has 0 bridgehead atoms. The monoisotopic (exact) mass is 460 g/mol. The highest BCUT2D eigenvalue weighted by molar-refractivity contribution is 7.99. The van der Waals surface area contributed by atoms with E-state index in [1.165, 1.54) is 17.8 Å². The standard InChI is InChI=1S/C24H20N4O4S/c1-14(16-3-2-4-17(11-16)24(30)31)33-23-20(13-26)21(19(12-25)22(27)28-23)15-5-7-18(8-6-15)32-10-9-29/h2-8,11,14,29H,9-10H2,1H3,(H2,27,28)(H,30,31). The first-order chi connectivity index (χ1) is 15.9. The molecule has 0 aliphatic rings. The van der Waals surface area contributed by atoms with Crippen molar-refractivity contribution in [2.24, 2.45) is 0 Å². The lowest BCUT2D eigenvalue weighted by Crippen LogP contribution is -2.05. The summed E-state index contributed by atoms with van der Waals surface area (Å²) in [5, 5.41) is 37.9. The third kappa shape index (κ3) is 5.24. The van der Waals surface area contributed by atoms with Gasteiger partial charge in [0.15, 0.2) is 0 Å². The van der Waals surface area contributed by atoms with Crippen LogP contribution in [0.25, 0.3) is 11.1 Å². The average Bonchev–Trinajstić information content (AvgIpc) is 2.82. The molecule has 1 unspecified atom stereocenters. The Balaban J connectivity index is 2.05. The Labute approximate surface area is 194 Å². The maximum Gasteiger partial charge on any atom is 0.335 e. The van der Waals surface area contributed by atoms with Gasteiger partial charge in [0.05, 0.1) is 17.7 Å². The number of aromatic carboxylic acids is 1. The van der Waals surface area contributed by atoms with Gasteiger partial charge in [0, 0.05) is 10.8 Å². The second kappa shape index (κ2) is 10.5. The van der Waals surface area contributed by atoms with Gasteiger partial charge in [-0.1, -0.05) is 36.0 Å². The van der Waals surface area contributed by atoms with Gasteiger partial charge in [-0.2, -0.15) is 10.5 Å². The molecule has 1 aromatic heterocycles. The third-order valence-electron chi connectivity index (χ3n) is 4.81. The van der Waals surface area contributed by atoms with Crippen molar-refractivity contribution < 1.29 is 19.7 Å². The van der Waals surface area contributed by atoms with Gasteiger partial charge in [0.2, 0.25) is 0 Å². The van der Waals surface area contributed by atoms with Gasteiger partial charge >= 0.3 is 5.97 Å². The Morgan fingerprint density at radius 1 is 1.18 bits per heavy atom. The van der Waals surface area contributed by atoms with Crippen molar-refractivity contribution in [1.29, 1.82) is 10.5 Å². The van der Waals surface area contributed by atoms with Crippen LogP contribution in [0.2, 0.25) is 0 Å². The highest BCUT2D eigenvalue weighted by atomic mass is 32.2. The fourth-order valence-corrected chi connectivity index (χ4v) is 4.25. The highest BCUT2D eigenvalue weighted by Gasteiger charge is 2.22. The van der Waals surface area contributed by atoms with Crippen molar-refractivity contribution in [3.05, 3.63) is 70.8 Å². The van der Waals surface area contributed by atoms with Gasteiger partial charge in [-0.05, 0) is 42.3 Å². The van der Waals surface area contributed by atoms with Crippen LogP contribution in [0.15, 0.2) is 53.6 Å². The summed E-state index contributed by atoms with van der Waals surface area (Å²) in [6, 6.07) is 17.5. The summed E-state index contributed by atoms with van der Waals surface area (Å²) >= 11 is 1.26. The molecular formula is C24H20N4O4S. The summed E-state index contributed by atoms with van der Waals surface area (Å²) in [4.78, 5) is 15.6. The van der Waals surface area contributed by atoms with Crippen LogP contribution >= 0.6 is 11.8 Å². The summed E-state index contributed by atoms with van der Waals surface area (Å²) < 4.78 is 5.37. The number of thioether (sulfide) groups is 1. The van der Waals surface area contributed by atoms with Crippen molar-refractivity contribution in [1.82, 2.24) is 4.98 Å². The summed E-state index contributed by atoms with van der Waals surface area (Å²) in [5.74, 6) is -0.490. The zero-order chi connectivity index (χ0) is 24.0. The Morgan fingerprint density at radius 2 is 1.88 bits per heavy atom. The molecule has 1 heterocycles. The normalized spacial score (nSPS) is 11.3. The number of hydrogen-bond donors (Lipinski definition) is 3. The minimum Gasteiger partial charge on any atom is -0.491 e. The first-order valence-electron chi connectivity index (χ1n) is 9.87. The molecule has 9 heteroatoms. The molecular weight excluding hydrogens is 440 g/mol. The summed E-state index contributed by atoms with van der Waals surface area (Å²) in [6.07, 6.45) is 0. The molecule has 0 radical (unpaired) electrons. The van der Waals surface area contributed by atoms with Crippen LogP contribution in [0.5, 0.6) is 5.75 Å². The third-order valence-corrected chi connectivity index (χ3v) is 5.95. The fraction of sp³-hybridized carbons (Fsp3) is 0.167. The fourth-order valence-electron chi connectivity index (χ4n) is 3.21. The molecule has 2 aromatic carbocycles. The number of benzene rings is 2. The minimum atomic E-state index is -1.03. The van der Waals surface area contributed by atoms with Crippen LogP contribution < -0.4 is 10.5 Å². The average molecular weight is 461 g/mol. The largest absolute Gasteiger partial charge is 0.491 e. The molecule has 4 N–H and O–H groups in total. The lowest BCUT2D eigenvalue weighted by atomic mass is 9.97. The van der Waals surface area contributed by atoms with Gasteiger partial charge in [-0.3, -0.25) is 0 Å². The maximum absolute atomic E-state index is 11.3. The molecule has 0 aliphatic heterocycles. The highest BCUT2D eigenvalue weighted by Crippen LogP contribution is 2.41.